The van der Waals surface area contributed by atoms with E-state index in [1.807, 2.05) is 0 Å². The molecule has 172 valence electrons. The molecule has 0 N–H and O–H groups in total. The van der Waals surface area contributed by atoms with E-state index < -0.39 is 37.8 Å². The van der Waals surface area contributed by atoms with Gasteiger partial charge in [-0.2, -0.15) is 0 Å². The van der Waals surface area contributed by atoms with Gasteiger partial charge in [0.25, 0.3) is 20.0 Å². The molecule has 0 radical (unpaired) electrons. The van der Waals surface area contributed by atoms with Crippen molar-refractivity contribution in [3.63, 3.8) is 0 Å². The highest BCUT2D eigenvalue weighted by atomic mass is 32.3. The summed E-state index contributed by atoms with van der Waals surface area (Å²) < 4.78 is 68.6. The first-order valence-electron chi connectivity index (χ1n) is 10.4. The molecule has 0 amide bonds. The zero-order valence-electron chi connectivity index (χ0n) is 17.6. The summed E-state index contributed by atoms with van der Waals surface area (Å²) in [6, 6.07) is 19.7. The number of sulfonamides is 2. The van der Waals surface area contributed by atoms with E-state index in [-0.39, 0.29) is 28.4 Å². The van der Waals surface area contributed by atoms with Crippen molar-refractivity contribution < 1.29 is 26.0 Å². The van der Waals surface area contributed by atoms with Crippen LogP contribution in [-0.2, 0) is 30.3 Å². The zero-order chi connectivity index (χ0) is 23.7. The molecule has 0 aliphatic heterocycles. The molecule has 3 aromatic carbocycles. The maximum atomic E-state index is 13.6. The highest BCUT2D eigenvalue weighted by Crippen LogP contribution is 2.41. The average molecular weight is 488 g/mol. The molecule has 0 heterocycles. The summed E-state index contributed by atoms with van der Waals surface area (Å²) in [5, 5.41) is 0. The highest BCUT2D eigenvalue weighted by molar-refractivity contribution is 8.04. The molecule has 1 saturated carbocycles. The fourth-order valence-corrected chi connectivity index (χ4v) is 8.00. The molecule has 9 heteroatoms. The minimum Gasteiger partial charge on any atom is -0.299 e. The number of halogens is 1. The third-order valence-corrected chi connectivity index (χ3v) is 10.2. The van der Waals surface area contributed by atoms with Crippen molar-refractivity contribution in [2.75, 3.05) is 6.54 Å². The van der Waals surface area contributed by atoms with Crippen LogP contribution in [0.25, 0.3) is 0 Å². The van der Waals surface area contributed by atoms with Gasteiger partial charge in [0.2, 0.25) is 0 Å². The molecule has 3 aromatic rings. The summed E-state index contributed by atoms with van der Waals surface area (Å²) in [7, 11) is -9.11. The first kappa shape index (κ1) is 23.3. The predicted molar refractivity (Wildman–Crippen MR) is 121 cm³/mol. The lowest BCUT2D eigenvalue weighted by molar-refractivity contribution is -0.122. The first-order chi connectivity index (χ1) is 15.7. The Bertz CT molecular complexity index is 1290. The molecule has 1 aliphatic carbocycles. The quantitative estimate of drug-likeness (QED) is 0.504. The summed E-state index contributed by atoms with van der Waals surface area (Å²) in [6.45, 7) is -0.605. The van der Waals surface area contributed by atoms with Gasteiger partial charge in [0.15, 0.2) is 0 Å². The second-order valence-electron chi connectivity index (χ2n) is 7.93. The largest absolute Gasteiger partial charge is 0.299 e. The van der Waals surface area contributed by atoms with Gasteiger partial charge in [0, 0.05) is 13.0 Å². The van der Waals surface area contributed by atoms with Gasteiger partial charge < -0.3 is 0 Å². The van der Waals surface area contributed by atoms with E-state index in [1.165, 1.54) is 72.8 Å². The number of Topliss-reactive ketones (excluding diaryl/α,β-unsaturated/α-hetero) is 1. The maximum Gasteiger partial charge on any atom is 0.256 e. The minimum atomic E-state index is -4.55. The Balaban J connectivity index is 1.91. The van der Waals surface area contributed by atoms with Crippen molar-refractivity contribution in [2.45, 2.75) is 34.5 Å². The van der Waals surface area contributed by atoms with E-state index in [0.717, 1.165) is 0 Å². The summed E-state index contributed by atoms with van der Waals surface area (Å²) in [5.74, 6) is -0.782. The minimum absolute atomic E-state index is 0.183. The monoisotopic (exact) mass is 487 g/mol. The smallest absolute Gasteiger partial charge is 0.256 e. The Morgan fingerprint density at radius 3 is 1.67 bits per heavy atom. The maximum absolute atomic E-state index is 13.6. The second-order valence-corrected chi connectivity index (χ2v) is 11.9. The van der Waals surface area contributed by atoms with Crippen molar-refractivity contribution in [3.8, 4) is 0 Å². The van der Waals surface area contributed by atoms with E-state index in [4.69, 9.17) is 0 Å². The molecule has 0 aromatic heterocycles. The molecule has 1 atom stereocenters. The van der Waals surface area contributed by atoms with E-state index in [0.29, 0.717) is 15.7 Å². The van der Waals surface area contributed by atoms with Crippen LogP contribution in [0.5, 0.6) is 0 Å². The number of carbonyl (C=O) groups excluding carboxylic acids is 1. The zero-order valence-corrected chi connectivity index (χ0v) is 19.2. The second kappa shape index (κ2) is 8.81. The summed E-state index contributed by atoms with van der Waals surface area (Å²) in [4.78, 5) is 12.7. The Morgan fingerprint density at radius 1 is 0.758 bits per heavy atom. The summed E-state index contributed by atoms with van der Waals surface area (Å²) in [6.07, 6.45) is 0.908. The molecule has 0 spiro atoms. The third kappa shape index (κ3) is 4.23. The average Bonchev–Trinajstić information content (AvgIpc) is 3.20. The van der Waals surface area contributed by atoms with Gasteiger partial charge in [-0.1, -0.05) is 52.2 Å². The van der Waals surface area contributed by atoms with Gasteiger partial charge in [0.1, 0.15) is 11.6 Å². The van der Waals surface area contributed by atoms with Gasteiger partial charge in [-0.3, -0.25) is 4.79 Å². The van der Waals surface area contributed by atoms with Gasteiger partial charge >= 0.3 is 0 Å². The van der Waals surface area contributed by atoms with Crippen LogP contribution in [0.4, 0.5) is 4.39 Å². The lowest BCUT2D eigenvalue weighted by Gasteiger charge is -2.33. The van der Waals surface area contributed by atoms with E-state index >= 15 is 0 Å². The summed E-state index contributed by atoms with van der Waals surface area (Å²) in [5.41, 5.74) is -1.01. The molecule has 1 unspecified atom stereocenters. The number of carbonyl (C=O) groups is 1. The van der Waals surface area contributed by atoms with Crippen LogP contribution in [0, 0.1) is 5.82 Å². The van der Waals surface area contributed by atoms with Crippen molar-refractivity contribution in [2.24, 2.45) is 0 Å². The molecule has 33 heavy (non-hydrogen) atoms. The number of benzene rings is 3. The van der Waals surface area contributed by atoms with E-state index in [1.54, 1.807) is 12.1 Å². The van der Waals surface area contributed by atoms with E-state index in [2.05, 4.69) is 0 Å². The fourth-order valence-electron chi connectivity index (χ4n) is 4.20. The third-order valence-electron chi connectivity index (χ3n) is 5.96. The highest BCUT2D eigenvalue weighted by Gasteiger charge is 2.50. The molecule has 0 saturated heterocycles. The predicted octanol–water partition coefficient (Wildman–Crippen LogP) is 3.90. The summed E-state index contributed by atoms with van der Waals surface area (Å²) >= 11 is 0. The number of hydrogen-bond donors (Lipinski definition) is 0. The Labute approximate surface area is 192 Å². The lowest BCUT2D eigenvalue weighted by Crippen LogP contribution is -2.48. The number of rotatable bonds is 7. The first-order valence-corrected chi connectivity index (χ1v) is 13.2. The standard InChI is InChI=1S/C24H22FNO5S2/c25-20-15-13-19(14-16-20)24(17-7-12-23(24)27)18-26(32(28,29)21-8-3-1-4-9-21)33(30,31)22-10-5-2-6-11-22/h1-6,8-11,13-16H,7,12,17-18H2. The van der Waals surface area contributed by atoms with Gasteiger partial charge in [0.05, 0.1) is 15.2 Å². The molecule has 0 bridgehead atoms. The molecule has 1 fully saturated rings. The van der Waals surface area contributed by atoms with Crippen LogP contribution in [0.3, 0.4) is 0 Å². The Kier molecular flexibility index (Phi) is 6.22. The molecular weight excluding hydrogens is 465 g/mol. The van der Waals surface area contributed by atoms with Gasteiger partial charge in [-0.25, -0.2) is 21.2 Å². The van der Waals surface area contributed by atoms with Crippen molar-refractivity contribution in [1.29, 1.82) is 0 Å². The fraction of sp³-hybridized carbons (Fsp3) is 0.208. The van der Waals surface area contributed by atoms with E-state index in [9.17, 15) is 26.0 Å². The lowest BCUT2D eigenvalue weighted by atomic mass is 9.78. The number of ketones is 1. The topological polar surface area (TPSA) is 88.6 Å². The SMILES string of the molecule is O=C1CCCC1(CN(S(=O)(=O)c1ccccc1)S(=O)(=O)c1ccccc1)c1ccc(F)cc1. The normalized spacial score (nSPS) is 19.2. The van der Waals surface area contributed by atoms with Gasteiger partial charge in [-0.05, 0) is 54.8 Å². The van der Waals surface area contributed by atoms with Crippen LogP contribution < -0.4 is 0 Å². The Morgan fingerprint density at radius 2 is 1.24 bits per heavy atom. The molecule has 4 rings (SSSR count). The molecule has 6 nitrogen and oxygen atoms in total. The van der Waals surface area contributed by atoms with Gasteiger partial charge in [-0.15, -0.1) is 0 Å². The van der Waals surface area contributed by atoms with Crippen LogP contribution in [0.1, 0.15) is 24.8 Å². The Hall–Kier alpha value is -2.88. The van der Waals surface area contributed by atoms with Crippen LogP contribution in [0.15, 0.2) is 94.7 Å². The number of hydrogen-bond acceptors (Lipinski definition) is 5. The molecular formula is C24H22FNO5S2. The van der Waals surface area contributed by atoms with Crippen LogP contribution >= 0.6 is 0 Å². The van der Waals surface area contributed by atoms with Crippen molar-refractivity contribution in [3.05, 3.63) is 96.3 Å². The molecule has 1 aliphatic rings. The van der Waals surface area contributed by atoms with Crippen molar-refractivity contribution >= 4 is 25.8 Å². The van der Waals surface area contributed by atoms with Crippen molar-refractivity contribution in [1.82, 2.24) is 3.71 Å². The number of nitrogens with zero attached hydrogens (tertiary/aromatic N) is 1. The van der Waals surface area contributed by atoms with Crippen LogP contribution in [0.2, 0.25) is 0 Å². The van der Waals surface area contributed by atoms with Crippen LogP contribution in [-0.4, -0.2) is 32.9 Å².